The molecule has 1 fully saturated rings. The SMILES string of the molecule is COC(=O)C1CCN(c2cccc3nc(N)nn23)CC1. The van der Waals surface area contributed by atoms with Crippen molar-refractivity contribution in [1.29, 1.82) is 0 Å². The van der Waals surface area contributed by atoms with Crippen LogP contribution in [0.2, 0.25) is 0 Å². The number of rotatable bonds is 2. The van der Waals surface area contributed by atoms with E-state index >= 15 is 0 Å². The van der Waals surface area contributed by atoms with Gasteiger partial charge in [-0.15, -0.1) is 5.10 Å². The lowest BCUT2D eigenvalue weighted by Gasteiger charge is -2.32. The van der Waals surface area contributed by atoms with Crippen LogP contribution in [0.3, 0.4) is 0 Å². The summed E-state index contributed by atoms with van der Waals surface area (Å²) in [7, 11) is 1.44. The topological polar surface area (TPSA) is 85.8 Å². The van der Waals surface area contributed by atoms with Crippen LogP contribution in [-0.2, 0) is 9.53 Å². The first-order valence-corrected chi connectivity index (χ1v) is 6.63. The molecule has 7 heteroatoms. The molecule has 0 radical (unpaired) electrons. The minimum atomic E-state index is -0.118. The molecule has 20 heavy (non-hydrogen) atoms. The first kappa shape index (κ1) is 12.7. The largest absolute Gasteiger partial charge is 0.469 e. The lowest BCUT2D eigenvalue weighted by atomic mass is 9.97. The predicted molar refractivity (Wildman–Crippen MR) is 74.4 cm³/mol. The van der Waals surface area contributed by atoms with Gasteiger partial charge < -0.3 is 15.4 Å². The molecule has 106 valence electrons. The number of aromatic nitrogens is 3. The third kappa shape index (κ3) is 2.15. The third-order valence-electron chi connectivity index (χ3n) is 3.71. The first-order valence-electron chi connectivity index (χ1n) is 6.63. The highest BCUT2D eigenvalue weighted by Crippen LogP contribution is 2.24. The molecule has 0 aromatic carbocycles. The molecular formula is C13H17N5O2. The Balaban J connectivity index is 1.81. The summed E-state index contributed by atoms with van der Waals surface area (Å²) in [5.74, 6) is 1.10. The van der Waals surface area contributed by atoms with Gasteiger partial charge in [0.2, 0.25) is 5.95 Å². The smallest absolute Gasteiger partial charge is 0.308 e. The molecule has 0 unspecified atom stereocenters. The van der Waals surface area contributed by atoms with Crippen LogP contribution in [0.25, 0.3) is 5.65 Å². The number of hydrogen-bond donors (Lipinski definition) is 1. The van der Waals surface area contributed by atoms with E-state index < -0.39 is 0 Å². The van der Waals surface area contributed by atoms with Crippen LogP contribution in [0.1, 0.15) is 12.8 Å². The van der Waals surface area contributed by atoms with Crippen molar-refractivity contribution in [2.24, 2.45) is 5.92 Å². The molecule has 0 bridgehead atoms. The number of carbonyl (C=O) groups excluding carboxylic acids is 1. The van der Waals surface area contributed by atoms with E-state index in [4.69, 9.17) is 10.5 Å². The third-order valence-corrected chi connectivity index (χ3v) is 3.71. The van der Waals surface area contributed by atoms with Crippen LogP contribution in [0, 0.1) is 5.92 Å². The summed E-state index contributed by atoms with van der Waals surface area (Å²) in [5, 5.41) is 4.21. The minimum Gasteiger partial charge on any atom is -0.469 e. The lowest BCUT2D eigenvalue weighted by Crippen LogP contribution is -2.37. The number of anilines is 2. The van der Waals surface area contributed by atoms with E-state index in [1.165, 1.54) is 7.11 Å². The molecule has 3 heterocycles. The predicted octanol–water partition coefficient (Wildman–Crippen LogP) is 0.701. The van der Waals surface area contributed by atoms with Crippen LogP contribution in [0.15, 0.2) is 18.2 Å². The maximum Gasteiger partial charge on any atom is 0.308 e. The molecular weight excluding hydrogens is 258 g/mol. The second-order valence-corrected chi connectivity index (χ2v) is 4.91. The maximum atomic E-state index is 11.5. The van der Waals surface area contributed by atoms with Gasteiger partial charge in [-0.2, -0.15) is 9.50 Å². The van der Waals surface area contributed by atoms with E-state index in [-0.39, 0.29) is 17.8 Å². The van der Waals surface area contributed by atoms with Gasteiger partial charge in [0.15, 0.2) is 5.65 Å². The Hall–Kier alpha value is -2.31. The second-order valence-electron chi connectivity index (χ2n) is 4.91. The first-order chi connectivity index (χ1) is 9.69. The fraction of sp³-hybridized carbons (Fsp3) is 0.462. The zero-order chi connectivity index (χ0) is 14.1. The van der Waals surface area contributed by atoms with Crippen molar-refractivity contribution >= 4 is 23.4 Å². The zero-order valence-corrected chi connectivity index (χ0v) is 11.3. The van der Waals surface area contributed by atoms with Crippen molar-refractivity contribution in [3.63, 3.8) is 0 Å². The number of ether oxygens (including phenoxy) is 1. The van der Waals surface area contributed by atoms with Gasteiger partial charge in [0.25, 0.3) is 0 Å². The number of esters is 1. The van der Waals surface area contributed by atoms with Crippen LogP contribution in [-0.4, -0.2) is 40.8 Å². The van der Waals surface area contributed by atoms with Crippen LogP contribution < -0.4 is 10.6 Å². The number of carbonyl (C=O) groups is 1. The Kier molecular flexibility index (Phi) is 3.17. The number of methoxy groups -OCH3 is 1. The van der Waals surface area contributed by atoms with Crippen molar-refractivity contribution in [1.82, 2.24) is 14.6 Å². The standard InChI is InChI=1S/C13H17N5O2/c1-20-12(19)9-5-7-17(8-6-9)11-4-2-3-10-15-13(14)16-18(10)11/h2-4,9H,5-8H2,1H3,(H2,14,16). The molecule has 7 nitrogen and oxygen atoms in total. The zero-order valence-electron chi connectivity index (χ0n) is 11.3. The van der Waals surface area contributed by atoms with Crippen molar-refractivity contribution < 1.29 is 9.53 Å². The maximum absolute atomic E-state index is 11.5. The number of nitrogens with two attached hydrogens (primary N) is 1. The Morgan fingerprint density at radius 3 is 2.85 bits per heavy atom. The number of nitrogen functional groups attached to an aromatic ring is 1. The fourth-order valence-electron chi connectivity index (χ4n) is 2.66. The highest BCUT2D eigenvalue weighted by Gasteiger charge is 2.26. The molecule has 1 aliphatic rings. The molecule has 0 atom stereocenters. The number of nitrogens with zero attached hydrogens (tertiary/aromatic N) is 4. The number of pyridine rings is 1. The molecule has 3 rings (SSSR count). The van der Waals surface area contributed by atoms with E-state index in [1.807, 2.05) is 18.2 Å². The molecule has 2 aromatic heterocycles. The fourth-order valence-corrected chi connectivity index (χ4v) is 2.66. The highest BCUT2D eigenvalue weighted by molar-refractivity contribution is 5.72. The number of piperidine rings is 1. The van der Waals surface area contributed by atoms with Crippen molar-refractivity contribution in [2.45, 2.75) is 12.8 Å². The average Bonchev–Trinajstić information content (AvgIpc) is 2.86. The van der Waals surface area contributed by atoms with Crippen molar-refractivity contribution in [3.8, 4) is 0 Å². The number of hydrogen-bond acceptors (Lipinski definition) is 6. The summed E-state index contributed by atoms with van der Waals surface area (Å²) in [6, 6.07) is 5.79. The summed E-state index contributed by atoms with van der Waals surface area (Å²) in [5.41, 5.74) is 6.38. The summed E-state index contributed by atoms with van der Waals surface area (Å²) in [6.45, 7) is 1.58. The normalized spacial score (nSPS) is 16.6. The van der Waals surface area contributed by atoms with Gasteiger partial charge in [-0.1, -0.05) is 6.07 Å². The van der Waals surface area contributed by atoms with E-state index in [0.717, 1.165) is 37.4 Å². The Morgan fingerprint density at radius 2 is 2.15 bits per heavy atom. The van der Waals surface area contributed by atoms with Gasteiger partial charge in [-0.05, 0) is 25.0 Å². The van der Waals surface area contributed by atoms with E-state index in [9.17, 15) is 4.79 Å². The monoisotopic (exact) mass is 275 g/mol. The molecule has 0 amide bonds. The Bertz CT molecular complexity index is 631. The summed E-state index contributed by atoms with van der Waals surface area (Å²) in [6.07, 6.45) is 1.57. The lowest BCUT2D eigenvalue weighted by molar-refractivity contribution is -0.146. The van der Waals surface area contributed by atoms with Gasteiger partial charge in [-0.3, -0.25) is 4.79 Å². The van der Waals surface area contributed by atoms with Crippen LogP contribution in [0.5, 0.6) is 0 Å². The van der Waals surface area contributed by atoms with E-state index in [0.29, 0.717) is 0 Å². The molecule has 0 aliphatic carbocycles. The van der Waals surface area contributed by atoms with Gasteiger partial charge in [0.1, 0.15) is 5.82 Å². The Labute approximate surface area is 116 Å². The van der Waals surface area contributed by atoms with Crippen molar-refractivity contribution in [3.05, 3.63) is 18.2 Å². The van der Waals surface area contributed by atoms with Gasteiger partial charge in [-0.25, -0.2) is 0 Å². The van der Waals surface area contributed by atoms with Crippen molar-refractivity contribution in [2.75, 3.05) is 30.8 Å². The Morgan fingerprint density at radius 1 is 1.40 bits per heavy atom. The second kappa shape index (κ2) is 4.99. The minimum absolute atomic E-state index is 0.00345. The van der Waals surface area contributed by atoms with Gasteiger partial charge in [0.05, 0.1) is 13.0 Å². The molecule has 0 saturated carbocycles. The van der Waals surface area contributed by atoms with E-state index in [2.05, 4.69) is 15.0 Å². The summed E-state index contributed by atoms with van der Waals surface area (Å²) >= 11 is 0. The summed E-state index contributed by atoms with van der Waals surface area (Å²) < 4.78 is 6.55. The molecule has 2 N–H and O–H groups in total. The highest BCUT2D eigenvalue weighted by atomic mass is 16.5. The molecule has 2 aromatic rings. The average molecular weight is 275 g/mol. The summed E-state index contributed by atoms with van der Waals surface area (Å²) in [4.78, 5) is 17.9. The molecule has 1 saturated heterocycles. The molecule has 0 spiro atoms. The van der Waals surface area contributed by atoms with Gasteiger partial charge in [0, 0.05) is 13.1 Å². The van der Waals surface area contributed by atoms with Crippen LogP contribution >= 0.6 is 0 Å². The van der Waals surface area contributed by atoms with Gasteiger partial charge >= 0.3 is 5.97 Å². The number of fused-ring (bicyclic) bond motifs is 1. The quantitative estimate of drug-likeness (QED) is 0.812. The molecule has 1 aliphatic heterocycles. The van der Waals surface area contributed by atoms with E-state index in [1.54, 1.807) is 4.52 Å². The van der Waals surface area contributed by atoms with Crippen LogP contribution in [0.4, 0.5) is 11.8 Å².